The summed E-state index contributed by atoms with van der Waals surface area (Å²) in [4.78, 5) is 25.5. The number of nitrogens with one attached hydrogen (secondary N) is 2. The van der Waals surface area contributed by atoms with Gasteiger partial charge in [0.25, 0.3) is 0 Å². The number of anilines is 1. The molecule has 0 spiro atoms. The first kappa shape index (κ1) is 12.7. The molecular weight excluding hydrogens is 274 g/mol. The van der Waals surface area contributed by atoms with Crippen LogP contribution >= 0.6 is 0 Å². The zero-order valence-electron chi connectivity index (χ0n) is 10.6. The lowest BCUT2D eigenvalue weighted by atomic mass is 10.2. The van der Waals surface area contributed by atoms with Crippen molar-refractivity contribution in [3.8, 4) is 0 Å². The number of fused-ring (bicyclic) bond motifs is 1. The molecule has 104 valence electrons. The van der Waals surface area contributed by atoms with E-state index in [1.807, 2.05) is 0 Å². The van der Waals surface area contributed by atoms with Crippen molar-refractivity contribution in [3.63, 3.8) is 0 Å². The van der Waals surface area contributed by atoms with Gasteiger partial charge >= 0.3 is 5.97 Å². The molecule has 21 heavy (non-hydrogen) atoms. The second-order valence-corrected chi connectivity index (χ2v) is 3.99. The maximum Gasteiger partial charge on any atom is 0.335 e. The molecule has 3 N–H and O–H groups in total. The summed E-state index contributed by atoms with van der Waals surface area (Å²) < 4.78 is 0. The van der Waals surface area contributed by atoms with E-state index in [2.05, 4.69) is 35.7 Å². The Kier molecular flexibility index (Phi) is 3.21. The number of carboxylic acid groups (broad SMARTS) is 1. The average Bonchev–Trinajstić information content (AvgIpc) is 2.97. The van der Waals surface area contributed by atoms with Crippen LogP contribution in [-0.2, 0) is 0 Å². The maximum atomic E-state index is 10.7. The van der Waals surface area contributed by atoms with Crippen LogP contribution in [0.3, 0.4) is 0 Å². The van der Waals surface area contributed by atoms with Crippen LogP contribution < -0.4 is 5.43 Å². The fourth-order valence-electron chi connectivity index (χ4n) is 1.65. The Morgan fingerprint density at radius 3 is 2.76 bits per heavy atom. The molecule has 0 saturated carbocycles. The molecule has 0 amide bonds. The normalized spacial score (nSPS) is 11.0. The highest BCUT2D eigenvalue weighted by atomic mass is 16.4. The third kappa shape index (κ3) is 2.66. The van der Waals surface area contributed by atoms with Crippen LogP contribution in [0.4, 0.5) is 11.5 Å². The molecule has 9 heteroatoms. The molecule has 0 aliphatic rings. The van der Waals surface area contributed by atoms with E-state index in [1.165, 1.54) is 24.8 Å². The number of aromatic amines is 1. The van der Waals surface area contributed by atoms with Gasteiger partial charge in [0.15, 0.2) is 5.65 Å². The van der Waals surface area contributed by atoms with Gasteiger partial charge < -0.3 is 10.1 Å². The smallest absolute Gasteiger partial charge is 0.335 e. The molecule has 9 nitrogen and oxygen atoms in total. The zero-order chi connectivity index (χ0) is 14.7. The fraction of sp³-hybridized carbons (Fsp3) is 0. The third-order valence-electron chi connectivity index (χ3n) is 2.66. The summed E-state index contributed by atoms with van der Waals surface area (Å²) in [6, 6.07) is 6.12. The highest BCUT2D eigenvalue weighted by Gasteiger charge is 2.04. The first-order valence-electron chi connectivity index (χ1n) is 5.88. The summed E-state index contributed by atoms with van der Waals surface area (Å²) in [6.07, 6.45) is 2.84. The van der Waals surface area contributed by atoms with Gasteiger partial charge in [0.2, 0.25) is 5.82 Å². The topological polar surface area (TPSA) is 129 Å². The highest BCUT2D eigenvalue weighted by molar-refractivity contribution is 5.88. The number of rotatable bonds is 4. The van der Waals surface area contributed by atoms with Crippen molar-refractivity contribution in [1.29, 1.82) is 0 Å². The lowest BCUT2D eigenvalue weighted by Crippen LogP contribution is -1.95. The van der Waals surface area contributed by atoms with Gasteiger partial charge in [-0.1, -0.05) is 5.22 Å². The van der Waals surface area contributed by atoms with Crippen molar-refractivity contribution >= 4 is 28.6 Å². The minimum atomic E-state index is -0.981. The number of H-pyrrole nitrogens is 1. The van der Waals surface area contributed by atoms with Crippen molar-refractivity contribution in [2.75, 3.05) is 5.43 Å². The van der Waals surface area contributed by atoms with Gasteiger partial charge in [-0.25, -0.2) is 19.7 Å². The van der Waals surface area contributed by atoms with E-state index in [0.717, 1.165) is 0 Å². The van der Waals surface area contributed by atoms with Crippen LogP contribution in [0.15, 0.2) is 47.3 Å². The standard InChI is InChI=1S/C12H9N7O2/c20-12(21)7-1-3-8(4-2-7)17-19-18-11-9-10(14-5-13-9)15-6-16-11/h1-6H,(H,20,21)(H2,13,14,15,16,17,18). The Bertz CT molecular complexity index is 810. The zero-order valence-corrected chi connectivity index (χ0v) is 10.6. The van der Waals surface area contributed by atoms with Crippen LogP contribution in [0.2, 0.25) is 0 Å². The minimum Gasteiger partial charge on any atom is -0.478 e. The Morgan fingerprint density at radius 2 is 2.00 bits per heavy atom. The Balaban J connectivity index is 1.75. The molecule has 0 aliphatic heterocycles. The van der Waals surface area contributed by atoms with Gasteiger partial charge in [-0.05, 0) is 24.3 Å². The molecule has 0 atom stereocenters. The maximum absolute atomic E-state index is 10.7. The molecule has 2 aromatic heterocycles. The van der Waals surface area contributed by atoms with E-state index in [4.69, 9.17) is 5.11 Å². The summed E-state index contributed by atoms with van der Waals surface area (Å²) in [7, 11) is 0. The number of benzene rings is 1. The van der Waals surface area contributed by atoms with Gasteiger partial charge in [-0.2, -0.15) is 0 Å². The van der Waals surface area contributed by atoms with E-state index in [-0.39, 0.29) is 5.56 Å². The van der Waals surface area contributed by atoms with Gasteiger partial charge in [0.1, 0.15) is 11.8 Å². The Morgan fingerprint density at radius 1 is 1.19 bits per heavy atom. The second-order valence-electron chi connectivity index (χ2n) is 3.99. The largest absolute Gasteiger partial charge is 0.478 e. The number of carboxylic acids is 1. The number of aromatic carboxylic acids is 1. The van der Waals surface area contributed by atoms with E-state index in [1.54, 1.807) is 12.1 Å². The molecule has 0 saturated heterocycles. The van der Waals surface area contributed by atoms with Gasteiger partial charge in [-0.3, -0.25) is 5.43 Å². The Labute approximate surface area is 117 Å². The molecule has 0 bridgehead atoms. The molecule has 0 fully saturated rings. The summed E-state index contributed by atoms with van der Waals surface area (Å²) in [6.45, 7) is 0. The fourth-order valence-corrected chi connectivity index (χ4v) is 1.65. The predicted octanol–water partition coefficient (Wildman–Crippen LogP) is 2.16. The SMILES string of the molecule is O=C(O)c1ccc(NN=Nc2ncnc3nc[nH]c23)cc1. The molecule has 0 unspecified atom stereocenters. The summed E-state index contributed by atoms with van der Waals surface area (Å²) in [5, 5.41) is 16.5. The van der Waals surface area contributed by atoms with Crippen molar-refractivity contribution < 1.29 is 9.90 Å². The second kappa shape index (κ2) is 5.33. The first-order chi connectivity index (χ1) is 10.2. The summed E-state index contributed by atoms with van der Waals surface area (Å²) in [5.74, 6) is -0.627. The molecule has 3 aromatic rings. The quantitative estimate of drug-likeness (QED) is 0.497. The predicted molar refractivity (Wildman–Crippen MR) is 73.2 cm³/mol. The molecular formula is C12H9N7O2. The van der Waals surface area contributed by atoms with E-state index in [9.17, 15) is 4.79 Å². The number of hydrogen-bond acceptors (Lipinski definition) is 6. The van der Waals surface area contributed by atoms with Crippen LogP contribution in [0.5, 0.6) is 0 Å². The molecule has 1 aromatic carbocycles. The van der Waals surface area contributed by atoms with E-state index >= 15 is 0 Å². The van der Waals surface area contributed by atoms with E-state index < -0.39 is 5.97 Å². The van der Waals surface area contributed by atoms with Crippen molar-refractivity contribution in [1.82, 2.24) is 19.9 Å². The minimum absolute atomic E-state index is 0.201. The third-order valence-corrected chi connectivity index (χ3v) is 2.66. The number of nitrogens with zero attached hydrogens (tertiary/aromatic N) is 5. The van der Waals surface area contributed by atoms with Crippen LogP contribution in [0, 0.1) is 0 Å². The highest BCUT2D eigenvalue weighted by Crippen LogP contribution is 2.18. The lowest BCUT2D eigenvalue weighted by molar-refractivity contribution is 0.0697. The van der Waals surface area contributed by atoms with E-state index in [0.29, 0.717) is 22.7 Å². The van der Waals surface area contributed by atoms with Crippen LogP contribution in [0.1, 0.15) is 10.4 Å². The Hall–Kier alpha value is -3.36. The molecule has 0 aliphatic carbocycles. The molecule has 3 rings (SSSR count). The van der Waals surface area contributed by atoms with Crippen molar-refractivity contribution in [3.05, 3.63) is 42.5 Å². The van der Waals surface area contributed by atoms with Crippen molar-refractivity contribution in [2.45, 2.75) is 0 Å². The van der Waals surface area contributed by atoms with Gasteiger partial charge in [0, 0.05) is 0 Å². The van der Waals surface area contributed by atoms with Gasteiger partial charge in [0.05, 0.1) is 17.6 Å². The summed E-state index contributed by atoms with van der Waals surface area (Å²) in [5.41, 5.74) is 4.59. The number of hydrogen-bond donors (Lipinski definition) is 3. The van der Waals surface area contributed by atoms with Crippen LogP contribution in [-0.4, -0.2) is 31.0 Å². The van der Waals surface area contributed by atoms with Gasteiger partial charge in [-0.15, -0.1) is 5.11 Å². The molecule has 2 heterocycles. The first-order valence-corrected chi connectivity index (χ1v) is 5.88. The molecule has 0 radical (unpaired) electrons. The number of imidazole rings is 1. The number of carbonyl (C=O) groups is 1. The van der Waals surface area contributed by atoms with Crippen LogP contribution in [0.25, 0.3) is 11.2 Å². The monoisotopic (exact) mass is 283 g/mol. The average molecular weight is 283 g/mol. The number of aromatic nitrogens is 4. The summed E-state index contributed by atoms with van der Waals surface area (Å²) >= 11 is 0. The lowest BCUT2D eigenvalue weighted by Gasteiger charge is -1.99. The van der Waals surface area contributed by atoms with Crippen molar-refractivity contribution in [2.24, 2.45) is 10.3 Å².